The number of para-hydroxylation sites is 1. The summed E-state index contributed by atoms with van der Waals surface area (Å²) in [7, 11) is 1.46. The van der Waals surface area contributed by atoms with Crippen molar-refractivity contribution in [2.75, 3.05) is 19.0 Å². The van der Waals surface area contributed by atoms with Crippen molar-refractivity contribution in [3.63, 3.8) is 0 Å². The molecule has 0 radical (unpaired) electrons. The fourth-order valence-electron chi connectivity index (χ4n) is 4.64. The van der Waals surface area contributed by atoms with Crippen LogP contribution in [0.4, 0.5) is 5.69 Å². The molecule has 4 aromatic rings. The maximum Gasteiger partial charge on any atom is 0.341 e. The van der Waals surface area contributed by atoms with Crippen LogP contribution in [0.1, 0.15) is 29.7 Å². The zero-order chi connectivity index (χ0) is 30.0. The number of carboxylic acids is 1. The van der Waals surface area contributed by atoms with Crippen molar-refractivity contribution in [1.29, 1.82) is 0 Å². The summed E-state index contributed by atoms with van der Waals surface area (Å²) in [6, 6.07) is 19.7. The number of fused-ring (bicyclic) bond motifs is 1. The van der Waals surface area contributed by atoms with Crippen LogP contribution in [0.3, 0.4) is 0 Å². The molecule has 1 aromatic heterocycles. The van der Waals surface area contributed by atoms with E-state index in [9.17, 15) is 14.4 Å². The summed E-state index contributed by atoms with van der Waals surface area (Å²) < 4.78 is 13.5. The number of carbonyl (C=O) groups is 2. The number of carbonyl (C=O) groups excluding carboxylic acids is 1. The molecule has 0 aliphatic carbocycles. The molecule has 0 bridgehead atoms. The summed E-state index contributed by atoms with van der Waals surface area (Å²) in [4.78, 5) is 43.8. The number of ether oxygens (including phenoxy) is 2. The lowest BCUT2D eigenvalue weighted by atomic mass is 9.94. The number of nitrogens with zero attached hydrogens (tertiary/aromatic N) is 2. The molecule has 11 heteroatoms. The number of hydrogen-bond donors (Lipinski definition) is 2. The lowest BCUT2D eigenvalue weighted by molar-refractivity contribution is -0.139. The Morgan fingerprint density at radius 2 is 1.83 bits per heavy atom. The number of aryl methyl sites for hydroxylation is 1. The van der Waals surface area contributed by atoms with Gasteiger partial charge < -0.3 is 19.9 Å². The zero-order valence-electron chi connectivity index (χ0n) is 22.9. The van der Waals surface area contributed by atoms with Crippen LogP contribution in [0, 0.1) is 10.5 Å². The highest BCUT2D eigenvalue weighted by molar-refractivity contribution is 14.1. The Labute approximate surface area is 258 Å². The van der Waals surface area contributed by atoms with Gasteiger partial charge >= 0.3 is 5.97 Å². The fraction of sp³-hybridized carbons (Fsp3) is 0.161. The van der Waals surface area contributed by atoms with Gasteiger partial charge in [-0.15, -0.1) is 0 Å². The minimum absolute atomic E-state index is 0.290. The molecule has 1 amide bonds. The number of aliphatic carboxylic acids is 1. The monoisotopic (exact) mass is 695 g/mol. The third kappa shape index (κ3) is 6.02. The Morgan fingerprint density at radius 1 is 1.12 bits per heavy atom. The minimum Gasteiger partial charge on any atom is -0.493 e. The summed E-state index contributed by atoms with van der Waals surface area (Å²) in [5.74, 6) is -0.787. The van der Waals surface area contributed by atoms with Gasteiger partial charge in [0.05, 0.1) is 32.5 Å². The van der Waals surface area contributed by atoms with Crippen LogP contribution in [0.25, 0.3) is 6.08 Å². The minimum atomic E-state index is -1.10. The number of anilines is 1. The summed E-state index contributed by atoms with van der Waals surface area (Å²) in [5, 5.41) is 12.0. The first kappa shape index (κ1) is 29.3. The average Bonchev–Trinajstić information content (AvgIpc) is 3.26. The highest BCUT2D eigenvalue weighted by Gasteiger charge is 2.32. The number of aromatic nitrogens is 1. The number of carboxylic acid groups (broad SMARTS) is 1. The summed E-state index contributed by atoms with van der Waals surface area (Å²) in [6.07, 6.45) is 1.73. The largest absolute Gasteiger partial charge is 0.493 e. The normalized spacial score (nSPS) is 14.7. The van der Waals surface area contributed by atoms with Gasteiger partial charge in [0.1, 0.15) is 0 Å². The first-order chi connectivity index (χ1) is 20.2. The molecule has 0 saturated carbocycles. The smallest absolute Gasteiger partial charge is 0.341 e. The van der Waals surface area contributed by atoms with E-state index in [1.807, 2.05) is 72.0 Å². The van der Waals surface area contributed by atoms with Crippen molar-refractivity contribution in [3.05, 3.63) is 118 Å². The molecule has 2 N–H and O–H groups in total. The number of nitrogens with one attached hydrogen (secondary N) is 1. The van der Waals surface area contributed by atoms with E-state index in [4.69, 9.17) is 19.6 Å². The maximum atomic E-state index is 14.0. The lowest BCUT2D eigenvalue weighted by Crippen LogP contribution is -2.40. The van der Waals surface area contributed by atoms with Crippen LogP contribution in [0.15, 0.2) is 87.8 Å². The van der Waals surface area contributed by atoms with Crippen molar-refractivity contribution in [2.45, 2.75) is 19.9 Å². The Kier molecular flexibility index (Phi) is 8.59. The van der Waals surface area contributed by atoms with Crippen molar-refractivity contribution in [2.24, 2.45) is 4.99 Å². The Morgan fingerprint density at radius 3 is 2.50 bits per heavy atom. The van der Waals surface area contributed by atoms with Crippen molar-refractivity contribution >= 4 is 57.6 Å². The molecule has 0 unspecified atom stereocenters. The average molecular weight is 696 g/mol. The molecule has 0 spiro atoms. The highest BCUT2D eigenvalue weighted by atomic mass is 127. The quantitative estimate of drug-likeness (QED) is 0.266. The fourth-order valence-corrected chi connectivity index (χ4v) is 6.47. The van der Waals surface area contributed by atoms with Crippen LogP contribution in [-0.4, -0.2) is 35.3 Å². The van der Waals surface area contributed by atoms with Crippen molar-refractivity contribution in [1.82, 2.24) is 4.57 Å². The lowest BCUT2D eigenvalue weighted by Gasteiger charge is -2.25. The second-order valence-electron chi connectivity index (χ2n) is 9.53. The SMILES string of the molecule is COc1cc(/C=c2\sc3n(c2=O)[C@@H](c2ccc(C)cc2)C(C(=O)Nc2ccccc2)=C(C)N=3)cc(I)c1OCC(=O)O. The third-order valence-electron chi connectivity index (χ3n) is 6.58. The predicted octanol–water partition coefficient (Wildman–Crippen LogP) is 4.26. The van der Waals surface area contributed by atoms with Gasteiger partial charge in [-0.2, -0.15) is 0 Å². The van der Waals surface area contributed by atoms with E-state index in [1.165, 1.54) is 18.4 Å². The number of hydrogen-bond acceptors (Lipinski definition) is 7. The van der Waals surface area contributed by atoms with E-state index in [0.29, 0.717) is 46.9 Å². The molecule has 1 aliphatic heterocycles. The Hall–Kier alpha value is -4.23. The van der Waals surface area contributed by atoms with Gasteiger partial charge in [-0.1, -0.05) is 59.4 Å². The topological polar surface area (TPSA) is 119 Å². The van der Waals surface area contributed by atoms with Gasteiger partial charge in [0.2, 0.25) is 0 Å². The molecule has 2 heterocycles. The Balaban J connectivity index is 1.63. The predicted molar refractivity (Wildman–Crippen MR) is 169 cm³/mol. The first-order valence-corrected chi connectivity index (χ1v) is 14.7. The molecule has 0 fully saturated rings. The van der Waals surface area contributed by atoms with E-state index >= 15 is 0 Å². The zero-order valence-corrected chi connectivity index (χ0v) is 25.9. The van der Waals surface area contributed by atoms with Gasteiger partial charge in [0, 0.05) is 5.69 Å². The van der Waals surface area contributed by atoms with Crippen LogP contribution >= 0.6 is 33.9 Å². The standard InChI is InChI=1S/C31H26IN3O6S/c1-17-9-11-20(12-10-17)27-26(29(38)34-21-7-5-4-6-8-21)18(2)33-31-35(27)30(39)24(42-31)15-19-13-22(32)28(23(14-19)40-3)41-16-25(36)37/h4-15,27H,16H2,1-3H3,(H,34,38)(H,36,37)/b24-15-/t27-/m0/s1. The molecule has 1 atom stereocenters. The number of methoxy groups -OCH3 is 1. The summed E-state index contributed by atoms with van der Waals surface area (Å²) in [5.41, 5.74) is 3.77. The van der Waals surface area contributed by atoms with Gasteiger partial charge in [-0.05, 0) is 77.9 Å². The van der Waals surface area contributed by atoms with Crippen LogP contribution in [0.5, 0.6) is 11.5 Å². The van der Waals surface area contributed by atoms with Gasteiger partial charge in [-0.25, -0.2) is 9.79 Å². The number of amides is 1. The second-order valence-corrected chi connectivity index (χ2v) is 11.7. The number of benzene rings is 3. The summed E-state index contributed by atoms with van der Waals surface area (Å²) >= 11 is 3.26. The van der Waals surface area contributed by atoms with E-state index in [0.717, 1.165) is 11.1 Å². The van der Waals surface area contributed by atoms with E-state index in [-0.39, 0.29) is 11.5 Å². The van der Waals surface area contributed by atoms with E-state index in [1.54, 1.807) is 41.8 Å². The van der Waals surface area contributed by atoms with Gasteiger partial charge in [-0.3, -0.25) is 14.2 Å². The maximum absolute atomic E-state index is 14.0. The highest BCUT2D eigenvalue weighted by Crippen LogP contribution is 2.34. The summed E-state index contributed by atoms with van der Waals surface area (Å²) in [6.45, 7) is 3.25. The number of allylic oxidation sites excluding steroid dienone is 1. The molecular formula is C31H26IN3O6S. The molecule has 1 aliphatic rings. The molecule has 5 rings (SSSR count). The molecule has 3 aromatic carbocycles. The van der Waals surface area contributed by atoms with Crippen LogP contribution in [-0.2, 0) is 9.59 Å². The number of halogens is 1. The van der Waals surface area contributed by atoms with Crippen LogP contribution < -0.4 is 29.7 Å². The van der Waals surface area contributed by atoms with E-state index in [2.05, 4.69) is 5.32 Å². The molecule has 9 nitrogen and oxygen atoms in total. The van der Waals surface area contributed by atoms with Crippen LogP contribution in [0.2, 0.25) is 0 Å². The van der Waals surface area contributed by atoms with Gasteiger partial charge in [0.15, 0.2) is 22.9 Å². The molecule has 214 valence electrons. The molecule has 0 saturated heterocycles. The van der Waals surface area contributed by atoms with E-state index < -0.39 is 18.6 Å². The number of rotatable bonds is 8. The van der Waals surface area contributed by atoms with Gasteiger partial charge in [0.25, 0.3) is 11.5 Å². The third-order valence-corrected chi connectivity index (χ3v) is 8.36. The Bertz CT molecular complexity index is 1900. The number of thiazole rings is 1. The molecular weight excluding hydrogens is 669 g/mol. The second kappa shape index (κ2) is 12.3. The first-order valence-electron chi connectivity index (χ1n) is 12.8. The van der Waals surface area contributed by atoms with Crippen molar-refractivity contribution < 1.29 is 24.2 Å². The van der Waals surface area contributed by atoms with Crippen molar-refractivity contribution in [3.8, 4) is 11.5 Å². The molecule has 42 heavy (non-hydrogen) atoms.